The van der Waals surface area contributed by atoms with E-state index in [0.29, 0.717) is 50.5 Å². The normalized spacial score (nSPS) is 14.9. The van der Waals surface area contributed by atoms with E-state index in [0.717, 1.165) is 16.3 Å². The van der Waals surface area contributed by atoms with E-state index in [1.807, 2.05) is 34.9 Å². The van der Waals surface area contributed by atoms with E-state index in [1.165, 1.54) is 24.3 Å². The molecule has 0 saturated heterocycles. The summed E-state index contributed by atoms with van der Waals surface area (Å²) in [4.78, 5) is 0. The Hall–Kier alpha value is -6.42. The topological polar surface area (TPSA) is 149 Å². The van der Waals surface area contributed by atoms with E-state index >= 15 is 5.21 Å². The molecule has 8 heteroatoms. The van der Waals surface area contributed by atoms with E-state index in [9.17, 15) is 21.0 Å². The lowest BCUT2D eigenvalue weighted by Crippen LogP contribution is -2.29. The van der Waals surface area contributed by atoms with Crippen LogP contribution in [0.4, 0.5) is 22.7 Å². The van der Waals surface area contributed by atoms with Gasteiger partial charge < -0.3 is 15.5 Å². The minimum Gasteiger partial charge on any atom is -0.616 e. The number of hydrogen-bond donors (Lipinski definition) is 1. The third-order valence-electron chi connectivity index (χ3n) is 7.76. The maximum atomic E-state index is 15.2. The van der Waals surface area contributed by atoms with Crippen molar-refractivity contribution < 1.29 is 0 Å². The van der Waals surface area contributed by atoms with Crippen molar-refractivity contribution >= 4 is 44.6 Å². The van der Waals surface area contributed by atoms with Gasteiger partial charge in [0.15, 0.2) is 11.4 Å². The molecule has 194 valence electrons. The third kappa shape index (κ3) is 3.26. The molecule has 1 aromatic heterocycles. The lowest BCUT2D eigenvalue weighted by Gasteiger charge is -2.38. The molecule has 0 aliphatic carbocycles. The van der Waals surface area contributed by atoms with Crippen molar-refractivity contribution in [3.8, 4) is 41.1 Å². The molecule has 0 fully saturated rings. The number of hydrogen-bond acceptors (Lipinski definition) is 6. The van der Waals surface area contributed by atoms with Gasteiger partial charge in [-0.25, -0.2) is 0 Å². The molecule has 0 spiro atoms. The van der Waals surface area contributed by atoms with Crippen LogP contribution in [0.2, 0.25) is 0 Å². The lowest BCUT2D eigenvalue weighted by atomic mass is 10.0. The average molecular weight is 540 g/mol. The highest BCUT2D eigenvalue weighted by Gasteiger charge is 2.42. The number of nitriles is 4. The van der Waals surface area contributed by atoms with Crippen LogP contribution in [0.1, 0.15) is 22.3 Å². The molecule has 0 saturated carbocycles. The zero-order chi connectivity index (χ0) is 29.2. The summed E-state index contributed by atoms with van der Waals surface area (Å²) in [5.74, 6) is 0. The number of fused-ring (bicyclic) bond motifs is 7. The Morgan fingerprint density at radius 3 is 1.90 bits per heavy atom. The SMILES string of the molecule is N#Cc1cc(C#N)cc(-n2c3ccc(N)cc3c3ccc4c(c32)-c2ccccc2[N+]4([O-])c2cc(C#N)cc(C#N)c2)c1. The van der Waals surface area contributed by atoms with Gasteiger partial charge in [0.05, 0.1) is 68.7 Å². The first-order valence-electron chi connectivity index (χ1n) is 12.9. The molecule has 8 nitrogen and oxygen atoms in total. The summed E-state index contributed by atoms with van der Waals surface area (Å²) in [5.41, 5.74) is 12.4. The highest BCUT2D eigenvalue weighted by Crippen LogP contribution is 2.59. The summed E-state index contributed by atoms with van der Waals surface area (Å²) < 4.78 is 0.959. The molecule has 2 N–H and O–H groups in total. The molecular weight excluding hydrogens is 522 g/mol. The van der Waals surface area contributed by atoms with Crippen molar-refractivity contribution in [3.63, 3.8) is 0 Å². The Morgan fingerprint density at radius 1 is 0.643 bits per heavy atom. The van der Waals surface area contributed by atoms with Gasteiger partial charge in [-0.3, -0.25) is 4.65 Å². The molecule has 0 radical (unpaired) electrons. The van der Waals surface area contributed by atoms with Crippen LogP contribution in [0.25, 0.3) is 38.6 Å². The zero-order valence-electron chi connectivity index (χ0n) is 21.8. The van der Waals surface area contributed by atoms with Crippen LogP contribution in [-0.2, 0) is 0 Å². The minimum atomic E-state index is -1.00. The van der Waals surface area contributed by atoms with Gasteiger partial charge in [0.2, 0.25) is 0 Å². The highest BCUT2D eigenvalue weighted by molar-refractivity contribution is 6.19. The van der Waals surface area contributed by atoms with Crippen molar-refractivity contribution in [2.24, 2.45) is 0 Å². The van der Waals surface area contributed by atoms with E-state index in [1.54, 1.807) is 36.4 Å². The third-order valence-corrected chi connectivity index (χ3v) is 7.76. The van der Waals surface area contributed by atoms with Gasteiger partial charge in [-0.15, -0.1) is 0 Å². The van der Waals surface area contributed by atoms with Crippen LogP contribution in [0.5, 0.6) is 0 Å². The van der Waals surface area contributed by atoms with Gasteiger partial charge in [0.25, 0.3) is 0 Å². The van der Waals surface area contributed by atoms with Crippen molar-refractivity contribution in [3.05, 3.63) is 118 Å². The molecular formula is C34H17N7O. The summed E-state index contributed by atoms with van der Waals surface area (Å²) in [5, 5.41) is 55.7. The quantitative estimate of drug-likeness (QED) is 0.139. The van der Waals surface area contributed by atoms with Crippen molar-refractivity contribution in [1.29, 1.82) is 21.0 Å². The summed E-state index contributed by atoms with van der Waals surface area (Å²) >= 11 is 0. The van der Waals surface area contributed by atoms with Gasteiger partial charge in [-0.05, 0) is 54.6 Å². The van der Waals surface area contributed by atoms with Crippen molar-refractivity contribution in [1.82, 2.24) is 9.21 Å². The molecule has 42 heavy (non-hydrogen) atoms. The maximum absolute atomic E-state index is 15.2. The summed E-state index contributed by atoms with van der Waals surface area (Å²) in [6.07, 6.45) is 0. The van der Waals surface area contributed by atoms with Gasteiger partial charge in [0, 0.05) is 46.4 Å². The standard InChI is InChI=1S/C34H17N7O/c35-16-20-9-21(17-36)12-25(11-20)40-30-7-5-24(39)15-29(30)27-6-8-32-33(34(27)40)28-3-1-2-4-31(28)41(32,42)26-13-22(18-37)10-23(14-26)19-38/h1-15H,39H2. The predicted molar refractivity (Wildman–Crippen MR) is 160 cm³/mol. The number of nitrogens with zero attached hydrogens (tertiary/aromatic N) is 6. The van der Waals surface area contributed by atoms with Crippen molar-refractivity contribution in [2.75, 3.05) is 5.73 Å². The second-order valence-electron chi connectivity index (χ2n) is 10.1. The Labute approximate surface area is 239 Å². The number of benzene rings is 5. The summed E-state index contributed by atoms with van der Waals surface area (Å²) in [6.45, 7) is 0. The number of aromatic nitrogens is 1. The maximum Gasteiger partial charge on any atom is 0.153 e. The van der Waals surface area contributed by atoms with Crippen LogP contribution in [0, 0.1) is 50.5 Å². The number of quaternary nitrogens is 1. The molecule has 1 atom stereocenters. The first-order valence-corrected chi connectivity index (χ1v) is 12.9. The monoisotopic (exact) mass is 539 g/mol. The molecule has 1 aliphatic heterocycles. The van der Waals surface area contributed by atoms with Gasteiger partial charge in [-0.1, -0.05) is 12.1 Å². The van der Waals surface area contributed by atoms with Crippen LogP contribution in [0.3, 0.4) is 0 Å². The van der Waals surface area contributed by atoms with E-state index in [4.69, 9.17) is 5.73 Å². The summed E-state index contributed by atoms with van der Waals surface area (Å²) in [7, 11) is 0. The molecule has 0 amide bonds. The second kappa shape index (κ2) is 8.80. The molecule has 5 aromatic carbocycles. The zero-order valence-corrected chi connectivity index (χ0v) is 21.8. The molecule has 7 rings (SSSR count). The van der Waals surface area contributed by atoms with E-state index < -0.39 is 4.65 Å². The van der Waals surface area contributed by atoms with Crippen LogP contribution in [0.15, 0.2) is 91.0 Å². The molecule has 1 unspecified atom stereocenters. The molecule has 6 aromatic rings. The number of para-hydroxylation sites is 1. The Morgan fingerprint density at radius 2 is 1.26 bits per heavy atom. The first-order chi connectivity index (χ1) is 20.4. The van der Waals surface area contributed by atoms with E-state index in [2.05, 4.69) is 24.3 Å². The predicted octanol–water partition coefficient (Wildman–Crippen LogP) is 7.30. The van der Waals surface area contributed by atoms with Gasteiger partial charge in [-0.2, -0.15) is 21.0 Å². The Balaban J connectivity index is 1.68. The summed E-state index contributed by atoms with van der Waals surface area (Å²) in [6, 6.07) is 34.4. The average Bonchev–Trinajstić information content (AvgIpc) is 3.50. The Bertz CT molecular complexity index is 2280. The van der Waals surface area contributed by atoms with Crippen LogP contribution in [-0.4, -0.2) is 4.57 Å². The fourth-order valence-electron chi connectivity index (χ4n) is 6.07. The Kier molecular flexibility index (Phi) is 5.15. The van der Waals surface area contributed by atoms with Crippen molar-refractivity contribution in [2.45, 2.75) is 0 Å². The number of nitrogens with two attached hydrogens (primary N) is 1. The smallest absolute Gasteiger partial charge is 0.153 e. The number of rotatable bonds is 2. The molecule has 1 aliphatic rings. The lowest BCUT2D eigenvalue weighted by molar-refractivity contribution is 0.710. The number of nitrogen functional groups attached to an aromatic ring is 1. The fraction of sp³-hybridized carbons (Fsp3) is 0. The van der Waals surface area contributed by atoms with Gasteiger partial charge in [0.1, 0.15) is 5.69 Å². The van der Waals surface area contributed by atoms with Crippen LogP contribution < -0.4 is 10.4 Å². The fourth-order valence-corrected chi connectivity index (χ4v) is 6.07. The largest absolute Gasteiger partial charge is 0.616 e. The second-order valence-corrected chi connectivity index (χ2v) is 10.1. The highest BCUT2D eigenvalue weighted by atomic mass is 16.5. The minimum absolute atomic E-state index is 0.214. The van der Waals surface area contributed by atoms with Gasteiger partial charge >= 0.3 is 0 Å². The molecule has 0 bridgehead atoms. The number of anilines is 1. The first kappa shape index (κ1) is 24.6. The van der Waals surface area contributed by atoms with E-state index in [-0.39, 0.29) is 16.8 Å². The van der Waals surface area contributed by atoms with Crippen LogP contribution >= 0.6 is 0 Å². The molecule has 2 heterocycles.